The molecule has 0 saturated carbocycles. The highest BCUT2D eigenvalue weighted by Gasteiger charge is 2.40. The number of morpholine rings is 1. The fraction of sp³-hybridized carbons (Fsp3) is 0.571. The average Bonchev–Trinajstić information content (AvgIpc) is 3.13. The first-order valence-electron chi connectivity index (χ1n) is 13.1. The zero-order valence-corrected chi connectivity index (χ0v) is 24.1. The van der Waals surface area contributed by atoms with E-state index in [1.165, 1.54) is 12.1 Å². The Morgan fingerprint density at radius 2 is 1.87 bits per heavy atom. The summed E-state index contributed by atoms with van der Waals surface area (Å²) in [6, 6.07) is 9.31. The second-order valence-electron chi connectivity index (χ2n) is 11.2. The highest BCUT2D eigenvalue weighted by molar-refractivity contribution is 5.97. The lowest BCUT2D eigenvalue weighted by Gasteiger charge is -2.42. The van der Waals surface area contributed by atoms with Gasteiger partial charge in [0.25, 0.3) is 0 Å². The van der Waals surface area contributed by atoms with Gasteiger partial charge in [-0.25, -0.2) is 4.39 Å². The van der Waals surface area contributed by atoms with Gasteiger partial charge in [-0.3, -0.25) is 19.6 Å². The Kier molecular flexibility index (Phi) is 10.5. The van der Waals surface area contributed by atoms with Crippen molar-refractivity contribution in [3.63, 3.8) is 0 Å². The number of anilines is 1. The fourth-order valence-electron chi connectivity index (χ4n) is 5.68. The van der Waals surface area contributed by atoms with Gasteiger partial charge >= 0.3 is 0 Å². The molecule has 38 heavy (non-hydrogen) atoms. The summed E-state index contributed by atoms with van der Waals surface area (Å²) in [7, 11) is 0. The molecule has 1 aromatic carbocycles. The van der Waals surface area contributed by atoms with Gasteiger partial charge in [0.1, 0.15) is 5.82 Å². The molecular weight excluding hydrogens is 528 g/mol. The minimum absolute atomic E-state index is 0. The van der Waals surface area contributed by atoms with Crippen LogP contribution in [0.2, 0.25) is 0 Å². The predicted molar refractivity (Wildman–Crippen MR) is 153 cm³/mol. The number of ether oxygens (including phenoxy) is 1. The van der Waals surface area contributed by atoms with Crippen molar-refractivity contribution in [1.29, 1.82) is 0 Å². The van der Waals surface area contributed by atoms with Crippen molar-refractivity contribution in [3.05, 3.63) is 59.2 Å². The Morgan fingerprint density at radius 1 is 1.16 bits per heavy atom. The van der Waals surface area contributed by atoms with Crippen molar-refractivity contribution >= 4 is 36.4 Å². The van der Waals surface area contributed by atoms with Crippen molar-refractivity contribution in [2.75, 3.05) is 63.9 Å². The smallest absolute Gasteiger partial charge is 0.241 e. The molecular formula is C28H40Cl2FN5O2. The minimum atomic E-state index is -0.237. The zero-order chi connectivity index (χ0) is 25.3. The highest BCUT2D eigenvalue weighted by Crippen LogP contribution is 2.39. The maximum Gasteiger partial charge on any atom is 0.241 e. The van der Waals surface area contributed by atoms with E-state index in [1.54, 1.807) is 12.1 Å². The van der Waals surface area contributed by atoms with Crippen LogP contribution >= 0.6 is 24.8 Å². The van der Waals surface area contributed by atoms with Crippen LogP contribution in [0, 0.1) is 5.82 Å². The van der Waals surface area contributed by atoms with Gasteiger partial charge < -0.3 is 15.0 Å². The fourth-order valence-corrected chi connectivity index (χ4v) is 5.68. The first kappa shape index (κ1) is 30.7. The van der Waals surface area contributed by atoms with Crippen molar-refractivity contribution in [2.45, 2.75) is 44.7 Å². The van der Waals surface area contributed by atoms with Crippen LogP contribution in [0.1, 0.15) is 37.6 Å². The summed E-state index contributed by atoms with van der Waals surface area (Å²) in [4.78, 5) is 25.3. The van der Waals surface area contributed by atoms with Crippen molar-refractivity contribution in [2.24, 2.45) is 0 Å². The van der Waals surface area contributed by atoms with Crippen molar-refractivity contribution in [1.82, 2.24) is 20.1 Å². The van der Waals surface area contributed by atoms with E-state index in [2.05, 4.69) is 42.0 Å². The summed E-state index contributed by atoms with van der Waals surface area (Å²) in [6.45, 7) is 13.7. The zero-order valence-electron chi connectivity index (χ0n) is 22.5. The molecule has 1 N–H and O–H groups in total. The largest absolute Gasteiger partial charge is 0.379 e. The van der Waals surface area contributed by atoms with E-state index in [0.29, 0.717) is 31.6 Å². The van der Waals surface area contributed by atoms with Gasteiger partial charge in [0.15, 0.2) is 0 Å². The highest BCUT2D eigenvalue weighted by atomic mass is 35.5. The number of carbonyl (C=O) groups is 1. The van der Waals surface area contributed by atoms with Crippen LogP contribution < -0.4 is 10.2 Å². The first-order chi connectivity index (χ1) is 17.3. The van der Waals surface area contributed by atoms with Crippen molar-refractivity contribution < 1.29 is 13.9 Å². The number of nitrogens with zero attached hydrogens (tertiary/aromatic N) is 4. The first-order valence-corrected chi connectivity index (χ1v) is 13.1. The number of halogens is 3. The molecule has 5 rings (SSSR count). The SMILES string of the molecule is C[C@@H]1CN(CC(=O)N2CC(C)(C)c3ncc(Cc4ccc(F)cc4)cc32)[C@@H](CN2CCOCC2)CN1.Cl.Cl. The third-order valence-electron chi connectivity index (χ3n) is 7.67. The predicted octanol–water partition coefficient (Wildman–Crippen LogP) is 3.27. The molecule has 7 nitrogen and oxygen atoms in total. The summed E-state index contributed by atoms with van der Waals surface area (Å²) in [5.74, 6) is -0.109. The maximum atomic E-state index is 13.8. The molecule has 3 aliphatic rings. The summed E-state index contributed by atoms with van der Waals surface area (Å²) >= 11 is 0. The third-order valence-corrected chi connectivity index (χ3v) is 7.67. The molecule has 2 atom stereocenters. The number of benzene rings is 1. The number of piperazine rings is 1. The Bertz CT molecular complexity index is 1080. The number of nitrogens with one attached hydrogen (secondary N) is 1. The molecule has 4 heterocycles. The summed E-state index contributed by atoms with van der Waals surface area (Å²) in [5.41, 5.74) is 3.73. The van der Waals surface area contributed by atoms with E-state index < -0.39 is 0 Å². The number of fused-ring (bicyclic) bond motifs is 1. The van der Waals surface area contributed by atoms with E-state index >= 15 is 0 Å². The number of pyridine rings is 1. The van der Waals surface area contributed by atoms with E-state index in [0.717, 1.165) is 68.4 Å². The Labute approximate surface area is 237 Å². The molecule has 3 aliphatic heterocycles. The van der Waals surface area contributed by atoms with Crippen LogP contribution in [0.5, 0.6) is 0 Å². The number of amides is 1. The molecule has 2 aromatic rings. The second-order valence-corrected chi connectivity index (χ2v) is 11.2. The van der Waals surface area contributed by atoms with Crippen LogP contribution in [-0.2, 0) is 21.4 Å². The number of hydrogen-bond donors (Lipinski definition) is 1. The summed E-state index contributed by atoms with van der Waals surface area (Å²) in [5, 5.41) is 3.60. The number of aromatic nitrogens is 1. The standard InChI is InChI=1S/C28H38FN5O2.2ClH/c1-20-16-33(24(15-30-20)17-32-8-10-36-11-9-32)18-26(35)34-19-28(2,3)27-25(34)13-22(14-31-27)12-21-4-6-23(29)7-5-21;;/h4-7,13-14,20,24,30H,8-12,15-19H2,1-3H3;2*1H/t20-,24-;;/m1../s1. The lowest BCUT2D eigenvalue weighted by atomic mass is 9.91. The number of carbonyl (C=O) groups excluding carboxylic acids is 1. The number of rotatable bonds is 6. The normalized spacial score (nSPS) is 23.3. The quantitative estimate of drug-likeness (QED) is 0.578. The van der Waals surface area contributed by atoms with E-state index in [4.69, 9.17) is 9.72 Å². The van der Waals surface area contributed by atoms with Gasteiger partial charge in [0.05, 0.1) is 31.1 Å². The maximum absolute atomic E-state index is 13.8. The molecule has 2 fully saturated rings. The monoisotopic (exact) mass is 567 g/mol. The van der Waals surface area contributed by atoms with Gasteiger partial charge in [0.2, 0.25) is 5.91 Å². The molecule has 2 saturated heterocycles. The lowest BCUT2D eigenvalue weighted by Crippen LogP contribution is -2.61. The molecule has 0 spiro atoms. The van der Waals surface area contributed by atoms with E-state index in [-0.39, 0.29) is 42.0 Å². The van der Waals surface area contributed by atoms with Crippen LogP contribution in [0.4, 0.5) is 10.1 Å². The molecule has 0 bridgehead atoms. The van der Waals surface area contributed by atoms with E-state index in [9.17, 15) is 9.18 Å². The average molecular weight is 569 g/mol. The molecule has 10 heteroatoms. The number of hydrogen-bond acceptors (Lipinski definition) is 6. The molecule has 0 unspecified atom stereocenters. The third kappa shape index (κ3) is 7.03. The molecule has 210 valence electrons. The molecule has 1 amide bonds. The Balaban J connectivity index is 0.00000200. The lowest BCUT2D eigenvalue weighted by molar-refractivity contribution is -0.121. The van der Waals surface area contributed by atoms with Crippen LogP contribution in [0.15, 0.2) is 36.5 Å². The van der Waals surface area contributed by atoms with Gasteiger partial charge in [-0.05, 0) is 42.7 Å². The molecule has 0 radical (unpaired) electrons. The van der Waals surface area contributed by atoms with Gasteiger partial charge in [0, 0.05) is 63.0 Å². The topological polar surface area (TPSA) is 60.9 Å². The van der Waals surface area contributed by atoms with Gasteiger partial charge in [-0.1, -0.05) is 26.0 Å². The Morgan fingerprint density at radius 3 is 2.58 bits per heavy atom. The summed E-state index contributed by atoms with van der Waals surface area (Å²) in [6.07, 6.45) is 2.55. The van der Waals surface area contributed by atoms with Crippen molar-refractivity contribution in [3.8, 4) is 0 Å². The van der Waals surface area contributed by atoms with Crippen LogP contribution in [0.25, 0.3) is 0 Å². The van der Waals surface area contributed by atoms with Gasteiger partial charge in [-0.15, -0.1) is 24.8 Å². The molecule has 1 aromatic heterocycles. The van der Waals surface area contributed by atoms with Crippen LogP contribution in [-0.4, -0.2) is 91.8 Å². The van der Waals surface area contributed by atoms with E-state index in [1.807, 2.05) is 11.1 Å². The Hall–Kier alpha value is -1.81. The molecule has 0 aliphatic carbocycles. The minimum Gasteiger partial charge on any atom is -0.379 e. The summed E-state index contributed by atoms with van der Waals surface area (Å²) < 4.78 is 18.8. The van der Waals surface area contributed by atoms with Crippen LogP contribution in [0.3, 0.4) is 0 Å². The van der Waals surface area contributed by atoms with Gasteiger partial charge in [-0.2, -0.15) is 0 Å². The second kappa shape index (κ2) is 13.0.